The largest absolute Gasteiger partial charge is 0.351 e. The third kappa shape index (κ3) is 5.11. The molecule has 5 nitrogen and oxygen atoms in total. The van der Waals surface area contributed by atoms with Gasteiger partial charge in [-0.05, 0) is 25.8 Å². The van der Waals surface area contributed by atoms with E-state index in [1.807, 2.05) is 11.9 Å². The van der Waals surface area contributed by atoms with Crippen molar-refractivity contribution < 1.29 is 9.59 Å². The van der Waals surface area contributed by atoms with Crippen LogP contribution in [0, 0.1) is 5.92 Å². The van der Waals surface area contributed by atoms with Gasteiger partial charge in [0, 0.05) is 6.54 Å². The number of amides is 3. The van der Waals surface area contributed by atoms with Crippen LogP contribution in [-0.4, -0.2) is 37.0 Å². The van der Waals surface area contributed by atoms with Crippen LogP contribution in [0.3, 0.4) is 0 Å². The molecule has 0 aromatic rings. The predicted molar refractivity (Wildman–Crippen MR) is 61.8 cm³/mol. The minimum atomic E-state index is -0.781. The zero-order valence-electron chi connectivity index (χ0n) is 9.87. The van der Waals surface area contributed by atoms with Gasteiger partial charge in [0.2, 0.25) is 5.91 Å². The third-order valence-corrected chi connectivity index (χ3v) is 2.97. The maximum atomic E-state index is 11.3. The highest BCUT2D eigenvalue weighted by Crippen LogP contribution is 2.23. The van der Waals surface area contributed by atoms with Gasteiger partial charge >= 0.3 is 6.03 Å². The van der Waals surface area contributed by atoms with Crippen molar-refractivity contribution in [2.45, 2.75) is 32.1 Å². The molecule has 0 unspecified atom stereocenters. The molecular weight excluding hydrogens is 206 g/mol. The lowest BCUT2D eigenvalue weighted by molar-refractivity contribution is -0.120. The number of hydrogen-bond donors (Lipinski definition) is 2. The van der Waals surface area contributed by atoms with Crippen LogP contribution >= 0.6 is 0 Å². The summed E-state index contributed by atoms with van der Waals surface area (Å²) in [6, 6.07) is -0.781. The lowest BCUT2D eigenvalue weighted by Crippen LogP contribution is -2.42. The first kappa shape index (κ1) is 13.0. The van der Waals surface area contributed by atoms with Crippen molar-refractivity contribution in [1.29, 1.82) is 0 Å². The molecule has 1 fully saturated rings. The summed E-state index contributed by atoms with van der Waals surface area (Å²) in [5, 5.41) is 2.07. The molecule has 0 radical (unpaired) electrons. The van der Waals surface area contributed by atoms with Crippen molar-refractivity contribution in [3.63, 3.8) is 0 Å². The molecule has 0 atom stereocenters. The molecule has 1 rings (SSSR count). The standard InChI is InChI=1S/C11H21N3O2/c1-14(8-10(15)13-11(12)16)7-9-5-3-2-4-6-9/h9H,2-8H2,1H3,(H3,12,13,15,16). The molecule has 0 spiro atoms. The fourth-order valence-corrected chi connectivity index (χ4v) is 2.30. The third-order valence-electron chi connectivity index (χ3n) is 2.97. The second kappa shape index (κ2) is 6.48. The monoisotopic (exact) mass is 227 g/mol. The van der Waals surface area contributed by atoms with E-state index >= 15 is 0 Å². The van der Waals surface area contributed by atoms with Crippen LogP contribution in [0.2, 0.25) is 0 Å². The van der Waals surface area contributed by atoms with Gasteiger partial charge in [-0.25, -0.2) is 4.79 Å². The first-order valence-corrected chi connectivity index (χ1v) is 5.85. The van der Waals surface area contributed by atoms with Crippen LogP contribution in [0.15, 0.2) is 0 Å². The molecular formula is C11H21N3O2. The Balaban J connectivity index is 2.21. The molecule has 0 aliphatic heterocycles. The Bertz CT molecular complexity index is 250. The van der Waals surface area contributed by atoms with Crippen LogP contribution < -0.4 is 11.1 Å². The Morgan fingerprint density at radius 1 is 1.31 bits per heavy atom. The lowest BCUT2D eigenvalue weighted by atomic mass is 9.89. The minimum absolute atomic E-state index is 0.236. The van der Waals surface area contributed by atoms with E-state index in [1.54, 1.807) is 0 Å². The number of rotatable bonds is 4. The Morgan fingerprint density at radius 2 is 1.94 bits per heavy atom. The Kier molecular flexibility index (Phi) is 5.25. The van der Waals surface area contributed by atoms with Gasteiger partial charge < -0.3 is 5.73 Å². The Morgan fingerprint density at radius 3 is 2.50 bits per heavy atom. The van der Waals surface area contributed by atoms with Crippen molar-refractivity contribution in [1.82, 2.24) is 10.2 Å². The molecule has 92 valence electrons. The van der Waals surface area contributed by atoms with Gasteiger partial charge in [0.05, 0.1) is 6.54 Å². The van der Waals surface area contributed by atoms with Gasteiger partial charge in [-0.15, -0.1) is 0 Å². The van der Waals surface area contributed by atoms with E-state index in [1.165, 1.54) is 32.1 Å². The van der Waals surface area contributed by atoms with E-state index in [0.717, 1.165) is 6.54 Å². The van der Waals surface area contributed by atoms with Crippen LogP contribution in [-0.2, 0) is 4.79 Å². The molecule has 0 saturated heterocycles. The molecule has 1 aliphatic carbocycles. The molecule has 0 aromatic carbocycles. The smallest absolute Gasteiger partial charge is 0.318 e. The van der Waals surface area contributed by atoms with E-state index in [-0.39, 0.29) is 12.5 Å². The highest BCUT2D eigenvalue weighted by Gasteiger charge is 2.16. The van der Waals surface area contributed by atoms with Crippen molar-refractivity contribution in [3.05, 3.63) is 0 Å². The summed E-state index contributed by atoms with van der Waals surface area (Å²) >= 11 is 0. The molecule has 16 heavy (non-hydrogen) atoms. The predicted octanol–water partition coefficient (Wildman–Crippen LogP) is 0.693. The minimum Gasteiger partial charge on any atom is -0.351 e. The number of urea groups is 1. The summed E-state index contributed by atoms with van der Waals surface area (Å²) in [6.07, 6.45) is 6.43. The first-order chi connectivity index (χ1) is 7.58. The molecule has 5 heteroatoms. The zero-order chi connectivity index (χ0) is 12.0. The maximum absolute atomic E-state index is 11.3. The van der Waals surface area contributed by atoms with E-state index in [0.29, 0.717) is 5.92 Å². The lowest BCUT2D eigenvalue weighted by Gasteiger charge is -2.26. The van der Waals surface area contributed by atoms with Crippen molar-refractivity contribution in [2.75, 3.05) is 20.1 Å². The average Bonchev–Trinajstić information content (AvgIpc) is 2.17. The average molecular weight is 227 g/mol. The molecule has 0 aromatic heterocycles. The van der Waals surface area contributed by atoms with Crippen LogP contribution in [0.25, 0.3) is 0 Å². The van der Waals surface area contributed by atoms with E-state index < -0.39 is 6.03 Å². The fraction of sp³-hybridized carbons (Fsp3) is 0.818. The number of primary amides is 1. The van der Waals surface area contributed by atoms with Gasteiger partial charge in [-0.1, -0.05) is 19.3 Å². The quantitative estimate of drug-likeness (QED) is 0.742. The summed E-state index contributed by atoms with van der Waals surface area (Å²) in [5.41, 5.74) is 4.86. The summed E-state index contributed by atoms with van der Waals surface area (Å²) < 4.78 is 0. The molecule has 0 bridgehead atoms. The van der Waals surface area contributed by atoms with Gasteiger partial charge in [0.15, 0.2) is 0 Å². The van der Waals surface area contributed by atoms with Crippen LogP contribution in [0.1, 0.15) is 32.1 Å². The second-order valence-corrected chi connectivity index (χ2v) is 4.61. The summed E-state index contributed by atoms with van der Waals surface area (Å²) in [6.45, 7) is 1.16. The zero-order valence-corrected chi connectivity index (χ0v) is 9.87. The van der Waals surface area contributed by atoms with Crippen molar-refractivity contribution in [3.8, 4) is 0 Å². The second-order valence-electron chi connectivity index (χ2n) is 4.61. The van der Waals surface area contributed by atoms with E-state index in [2.05, 4.69) is 5.32 Å². The van der Waals surface area contributed by atoms with Gasteiger partial charge in [0.25, 0.3) is 0 Å². The molecule has 3 amide bonds. The number of carbonyl (C=O) groups excluding carboxylic acids is 2. The van der Waals surface area contributed by atoms with Gasteiger partial charge in [-0.3, -0.25) is 15.0 Å². The normalized spacial score (nSPS) is 17.4. The maximum Gasteiger partial charge on any atom is 0.318 e. The highest BCUT2D eigenvalue weighted by molar-refractivity contribution is 5.94. The summed E-state index contributed by atoms with van der Waals surface area (Å²) in [5.74, 6) is 0.367. The Hall–Kier alpha value is -1.10. The molecule has 1 saturated carbocycles. The number of nitrogens with one attached hydrogen (secondary N) is 1. The Labute approximate surface area is 96.4 Å². The summed E-state index contributed by atoms with van der Waals surface area (Å²) in [7, 11) is 1.90. The van der Waals surface area contributed by atoms with Crippen molar-refractivity contribution >= 4 is 11.9 Å². The van der Waals surface area contributed by atoms with E-state index in [4.69, 9.17) is 5.73 Å². The first-order valence-electron chi connectivity index (χ1n) is 5.85. The number of imide groups is 1. The molecule has 3 N–H and O–H groups in total. The summed E-state index contributed by atoms with van der Waals surface area (Å²) in [4.78, 5) is 23.7. The highest BCUT2D eigenvalue weighted by atomic mass is 16.2. The molecule has 1 aliphatic rings. The van der Waals surface area contributed by atoms with Crippen LogP contribution in [0.5, 0.6) is 0 Å². The number of hydrogen-bond acceptors (Lipinski definition) is 3. The van der Waals surface area contributed by atoms with Crippen molar-refractivity contribution in [2.24, 2.45) is 11.7 Å². The van der Waals surface area contributed by atoms with Gasteiger partial charge in [0.1, 0.15) is 0 Å². The number of likely N-dealkylation sites (N-methyl/N-ethyl adjacent to an activating group) is 1. The molecule has 0 heterocycles. The van der Waals surface area contributed by atoms with E-state index in [9.17, 15) is 9.59 Å². The number of carbonyl (C=O) groups is 2. The topological polar surface area (TPSA) is 75.4 Å². The SMILES string of the molecule is CN(CC(=O)NC(N)=O)CC1CCCCC1. The number of nitrogens with zero attached hydrogens (tertiary/aromatic N) is 1. The van der Waals surface area contributed by atoms with Gasteiger partial charge in [-0.2, -0.15) is 0 Å². The van der Waals surface area contributed by atoms with Crippen LogP contribution in [0.4, 0.5) is 4.79 Å². The number of nitrogens with two attached hydrogens (primary N) is 1. The fourth-order valence-electron chi connectivity index (χ4n) is 2.30.